The third-order valence-corrected chi connectivity index (χ3v) is 2.00. The van der Waals surface area contributed by atoms with Gasteiger partial charge in [-0.05, 0) is 24.3 Å². The Morgan fingerprint density at radius 2 is 2.00 bits per heavy atom. The summed E-state index contributed by atoms with van der Waals surface area (Å²) in [7, 11) is 0. The van der Waals surface area contributed by atoms with E-state index in [-0.39, 0.29) is 23.2 Å². The lowest BCUT2D eigenvalue weighted by molar-refractivity contribution is -0.115. The van der Waals surface area contributed by atoms with Crippen LogP contribution < -0.4 is 5.43 Å². The Labute approximate surface area is 98.8 Å². The van der Waals surface area contributed by atoms with Gasteiger partial charge in [0.1, 0.15) is 11.9 Å². The summed E-state index contributed by atoms with van der Waals surface area (Å²) in [5.41, 5.74) is 2.86. The fraction of sp³-hybridized carbons (Fsp3) is 0.250. The van der Waals surface area contributed by atoms with Crippen molar-refractivity contribution < 1.29 is 9.18 Å². The lowest BCUT2D eigenvalue weighted by Crippen LogP contribution is -2.19. The standard InChI is InChI=1S/C12H12FN3O/c1-8(2)12(17)11(7-14)16-15-10-5-3-9(13)4-6-10/h3-6,8,15H,1-2H3. The van der Waals surface area contributed by atoms with Gasteiger partial charge in [0, 0.05) is 5.92 Å². The summed E-state index contributed by atoms with van der Waals surface area (Å²) in [5, 5.41) is 12.5. The summed E-state index contributed by atoms with van der Waals surface area (Å²) in [6.45, 7) is 3.38. The number of carbonyl (C=O) groups is 1. The molecule has 4 nitrogen and oxygen atoms in total. The molecule has 0 amide bonds. The van der Waals surface area contributed by atoms with E-state index in [1.807, 2.05) is 0 Å². The molecule has 0 atom stereocenters. The number of nitriles is 1. The molecule has 17 heavy (non-hydrogen) atoms. The van der Waals surface area contributed by atoms with Gasteiger partial charge in [-0.25, -0.2) is 4.39 Å². The number of hydrogen-bond acceptors (Lipinski definition) is 4. The quantitative estimate of drug-likeness (QED) is 0.641. The number of rotatable bonds is 4. The molecule has 1 aromatic rings. The Balaban J connectivity index is 2.78. The van der Waals surface area contributed by atoms with Gasteiger partial charge >= 0.3 is 0 Å². The number of halogens is 1. The van der Waals surface area contributed by atoms with E-state index in [9.17, 15) is 9.18 Å². The molecule has 1 rings (SSSR count). The van der Waals surface area contributed by atoms with Gasteiger partial charge in [-0.15, -0.1) is 0 Å². The van der Waals surface area contributed by atoms with E-state index < -0.39 is 0 Å². The SMILES string of the molecule is CC(C)C(=O)C(C#N)=NNc1ccc(F)cc1. The van der Waals surface area contributed by atoms with Crippen LogP contribution in [0.1, 0.15) is 13.8 Å². The molecule has 0 aliphatic rings. The van der Waals surface area contributed by atoms with E-state index in [4.69, 9.17) is 5.26 Å². The maximum absolute atomic E-state index is 12.6. The molecule has 88 valence electrons. The minimum atomic E-state index is -0.363. The van der Waals surface area contributed by atoms with Gasteiger partial charge in [-0.3, -0.25) is 10.2 Å². The molecule has 5 heteroatoms. The second-order valence-corrected chi connectivity index (χ2v) is 3.71. The van der Waals surface area contributed by atoms with Crippen molar-refractivity contribution in [2.45, 2.75) is 13.8 Å². The van der Waals surface area contributed by atoms with Gasteiger partial charge < -0.3 is 0 Å². The third-order valence-electron chi connectivity index (χ3n) is 2.00. The minimum Gasteiger partial charge on any atom is -0.291 e. The average molecular weight is 233 g/mol. The molecule has 0 fully saturated rings. The van der Waals surface area contributed by atoms with Crippen molar-refractivity contribution in [3.63, 3.8) is 0 Å². The van der Waals surface area contributed by atoms with E-state index in [1.165, 1.54) is 24.3 Å². The second-order valence-electron chi connectivity index (χ2n) is 3.71. The summed E-state index contributed by atoms with van der Waals surface area (Å²) < 4.78 is 12.6. The predicted molar refractivity (Wildman–Crippen MR) is 62.9 cm³/mol. The first-order valence-corrected chi connectivity index (χ1v) is 5.08. The Hall–Kier alpha value is -2.22. The van der Waals surface area contributed by atoms with Crippen LogP contribution in [0, 0.1) is 23.1 Å². The zero-order valence-corrected chi connectivity index (χ0v) is 9.57. The van der Waals surface area contributed by atoms with Crippen LogP contribution in [-0.2, 0) is 4.79 Å². The number of ketones is 1. The van der Waals surface area contributed by atoms with Crippen LogP contribution in [0.4, 0.5) is 10.1 Å². The number of hydrazone groups is 1. The zero-order chi connectivity index (χ0) is 12.8. The Kier molecular flexibility index (Phi) is 4.35. The van der Waals surface area contributed by atoms with Crippen LogP contribution in [-0.4, -0.2) is 11.5 Å². The van der Waals surface area contributed by atoms with Crippen LogP contribution >= 0.6 is 0 Å². The van der Waals surface area contributed by atoms with Crippen molar-refractivity contribution in [3.8, 4) is 6.07 Å². The fourth-order valence-electron chi connectivity index (χ4n) is 1.05. The average Bonchev–Trinajstić information content (AvgIpc) is 2.31. The molecule has 0 radical (unpaired) electrons. The molecule has 0 aromatic heterocycles. The fourth-order valence-corrected chi connectivity index (χ4v) is 1.05. The lowest BCUT2D eigenvalue weighted by atomic mass is 10.1. The van der Waals surface area contributed by atoms with Crippen molar-refractivity contribution in [2.24, 2.45) is 11.0 Å². The third kappa shape index (κ3) is 3.68. The number of Topliss-reactive ketones (excluding diaryl/α,β-unsaturated/α-hetero) is 1. The maximum Gasteiger partial charge on any atom is 0.203 e. The summed E-state index contributed by atoms with van der Waals surface area (Å²) in [4.78, 5) is 11.5. The topological polar surface area (TPSA) is 65.2 Å². The number of carbonyl (C=O) groups excluding carboxylic acids is 1. The molecule has 0 unspecified atom stereocenters. The van der Waals surface area contributed by atoms with Gasteiger partial charge in [0.25, 0.3) is 0 Å². The lowest BCUT2D eigenvalue weighted by Gasteiger charge is -2.03. The molecule has 0 spiro atoms. The van der Waals surface area contributed by atoms with Crippen LogP contribution in [0.5, 0.6) is 0 Å². The van der Waals surface area contributed by atoms with E-state index in [0.29, 0.717) is 5.69 Å². The number of anilines is 1. The van der Waals surface area contributed by atoms with Crippen molar-refractivity contribution in [2.75, 3.05) is 5.43 Å². The summed E-state index contributed by atoms with van der Waals surface area (Å²) in [6, 6.07) is 7.18. The molecular weight excluding hydrogens is 221 g/mol. The van der Waals surface area contributed by atoms with Crippen molar-refractivity contribution in [1.82, 2.24) is 0 Å². The summed E-state index contributed by atoms with van der Waals surface area (Å²) in [5.74, 6) is -0.983. The normalized spacial score (nSPS) is 11.1. The van der Waals surface area contributed by atoms with E-state index >= 15 is 0 Å². The highest BCUT2D eigenvalue weighted by Crippen LogP contribution is 2.08. The monoisotopic (exact) mass is 233 g/mol. The van der Waals surface area contributed by atoms with Crippen molar-refractivity contribution >= 4 is 17.2 Å². The second kappa shape index (κ2) is 5.75. The minimum absolute atomic E-state index is 0.190. The Bertz CT molecular complexity index is 472. The molecule has 0 aliphatic carbocycles. The maximum atomic E-state index is 12.6. The first kappa shape index (κ1) is 12.8. The van der Waals surface area contributed by atoms with Crippen LogP contribution in [0.2, 0.25) is 0 Å². The molecule has 0 saturated carbocycles. The predicted octanol–water partition coefficient (Wildman–Crippen LogP) is 2.34. The van der Waals surface area contributed by atoms with Gasteiger partial charge in [-0.1, -0.05) is 13.8 Å². The zero-order valence-electron chi connectivity index (χ0n) is 9.57. The largest absolute Gasteiger partial charge is 0.291 e. The van der Waals surface area contributed by atoms with Crippen molar-refractivity contribution in [1.29, 1.82) is 5.26 Å². The number of nitrogens with zero attached hydrogens (tertiary/aromatic N) is 2. The molecule has 0 saturated heterocycles. The van der Waals surface area contributed by atoms with Gasteiger partial charge in [0.05, 0.1) is 5.69 Å². The molecule has 0 heterocycles. The number of hydrogen-bond donors (Lipinski definition) is 1. The first-order valence-electron chi connectivity index (χ1n) is 5.08. The molecule has 1 N–H and O–H groups in total. The molecule has 1 aromatic carbocycles. The van der Waals surface area contributed by atoms with Gasteiger partial charge in [0.2, 0.25) is 5.71 Å². The van der Waals surface area contributed by atoms with Crippen LogP contribution in [0.15, 0.2) is 29.4 Å². The van der Waals surface area contributed by atoms with Crippen LogP contribution in [0.25, 0.3) is 0 Å². The smallest absolute Gasteiger partial charge is 0.203 e. The van der Waals surface area contributed by atoms with Crippen LogP contribution in [0.3, 0.4) is 0 Å². The van der Waals surface area contributed by atoms with E-state index in [0.717, 1.165) is 0 Å². The highest BCUT2D eigenvalue weighted by molar-refractivity contribution is 6.46. The van der Waals surface area contributed by atoms with E-state index in [2.05, 4.69) is 10.5 Å². The summed E-state index contributed by atoms with van der Waals surface area (Å²) in [6.07, 6.45) is 0. The summed E-state index contributed by atoms with van der Waals surface area (Å²) >= 11 is 0. The van der Waals surface area contributed by atoms with Crippen molar-refractivity contribution in [3.05, 3.63) is 30.1 Å². The number of nitrogens with one attached hydrogen (secondary N) is 1. The van der Waals surface area contributed by atoms with Gasteiger partial charge in [-0.2, -0.15) is 10.4 Å². The highest BCUT2D eigenvalue weighted by atomic mass is 19.1. The molecular formula is C12H12FN3O. The Morgan fingerprint density at radius 3 is 2.47 bits per heavy atom. The highest BCUT2D eigenvalue weighted by Gasteiger charge is 2.14. The number of benzene rings is 1. The van der Waals surface area contributed by atoms with E-state index in [1.54, 1.807) is 19.9 Å². The van der Waals surface area contributed by atoms with Gasteiger partial charge in [0.15, 0.2) is 5.78 Å². The molecule has 0 aliphatic heterocycles. The molecule has 0 bridgehead atoms. The first-order chi connectivity index (χ1) is 8.04. The Morgan fingerprint density at radius 1 is 1.41 bits per heavy atom.